The number of hydrogen-bond donors (Lipinski definition) is 2. The lowest BCUT2D eigenvalue weighted by atomic mass is 10.0. The molecular formula is C17H15N3O6S. The molecule has 2 amide bonds. The number of thioether (sulfide) groups is 1. The first-order valence-electron chi connectivity index (χ1n) is 8.14. The van der Waals surface area contributed by atoms with Crippen molar-refractivity contribution in [1.29, 1.82) is 0 Å². The number of para-hydroxylation sites is 2. The highest BCUT2D eigenvalue weighted by Gasteiger charge is 2.53. The van der Waals surface area contributed by atoms with Crippen molar-refractivity contribution in [2.24, 2.45) is 0 Å². The second-order valence-corrected chi connectivity index (χ2v) is 7.42. The second kappa shape index (κ2) is 6.31. The molecule has 3 heterocycles. The predicted molar refractivity (Wildman–Crippen MR) is 95.8 cm³/mol. The quantitative estimate of drug-likeness (QED) is 0.724. The zero-order valence-corrected chi connectivity index (χ0v) is 15.0. The number of nitrogens with one attached hydrogen (secondary N) is 1. The Morgan fingerprint density at radius 3 is 2.81 bits per heavy atom. The van der Waals surface area contributed by atoms with E-state index in [-0.39, 0.29) is 12.2 Å². The third-order valence-corrected chi connectivity index (χ3v) is 5.98. The molecule has 0 aliphatic carbocycles. The Bertz CT molecular complexity index is 1070. The molecule has 2 unspecified atom stereocenters. The van der Waals surface area contributed by atoms with Crippen LogP contribution in [-0.2, 0) is 20.9 Å². The van der Waals surface area contributed by atoms with Crippen LogP contribution in [0.15, 0.2) is 44.7 Å². The highest BCUT2D eigenvalue weighted by molar-refractivity contribution is 8.00. The van der Waals surface area contributed by atoms with E-state index in [1.807, 2.05) is 0 Å². The number of amides is 2. The maximum absolute atomic E-state index is 12.4. The molecule has 1 aromatic carbocycles. The molecule has 0 spiro atoms. The Morgan fingerprint density at radius 2 is 2.07 bits per heavy atom. The molecule has 2 N–H and O–H groups in total. The third kappa shape index (κ3) is 2.72. The smallest absolute Gasteiger partial charge is 0.420 e. The number of benzene rings is 1. The first-order chi connectivity index (χ1) is 12.9. The maximum Gasteiger partial charge on any atom is 0.420 e. The van der Waals surface area contributed by atoms with Crippen molar-refractivity contribution in [3.8, 4) is 0 Å². The normalized spacial score (nSPS) is 21.8. The van der Waals surface area contributed by atoms with Crippen LogP contribution in [0.25, 0.3) is 11.1 Å². The lowest BCUT2D eigenvalue weighted by molar-refractivity contribution is -0.150. The summed E-state index contributed by atoms with van der Waals surface area (Å²) in [5.74, 6) is -2.35. The van der Waals surface area contributed by atoms with Gasteiger partial charge in [-0.15, -0.1) is 11.8 Å². The summed E-state index contributed by atoms with van der Waals surface area (Å²) in [6, 6.07) is 5.90. The van der Waals surface area contributed by atoms with E-state index < -0.39 is 35.0 Å². The van der Waals surface area contributed by atoms with Crippen LogP contribution in [0, 0.1) is 0 Å². The molecule has 0 radical (unpaired) electrons. The van der Waals surface area contributed by atoms with E-state index in [1.165, 1.54) is 21.2 Å². The second-order valence-electron chi connectivity index (χ2n) is 6.31. The number of rotatable bonds is 4. The van der Waals surface area contributed by atoms with Gasteiger partial charge in [0.25, 0.3) is 5.91 Å². The van der Waals surface area contributed by atoms with Gasteiger partial charge in [0.05, 0.1) is 5.52 Å². The molecule has 1 fully saturated rings. The molecule has 1 saturated heterocycles. The van der Waals surface area contributed by atoms with E-state index in [2.05, 4.69) is 5.32 Å². The molecule has 10 heteroatoms. The Hall–Kier alpha value is -3.01. The number of hydrogen-bond acceptors (Lipinski definition) is 6. The molecule has 2 aromatic rings. The predicted octanol–water partition coefficient (Wildman–Crippen LogP) is 0.353. The van der Waals surface area contributed by atoms with E-state index >= 15 is 0 Å². The van der Waals surface area contributed by atoms with Crippen molar-refractivity contribution in [2.75, 3.05) is 5.75 Å². The number of nitrogens with zero attached hydrogens (tertiary/aromatic N) is 2. The van der Waals surface area contributed by atoms with Crippen molar-refractivity contribution in [3.63, 3.8) is 0 Å². The first kappa shape index (κ1) is 17.4. The summed E-state index contributed by atoms with van der Waals surface area (Å²) in [5.41, 5.74) is 1.44. The molecule has 4 rings (SSSR count). The number of aromatic nitrogens is 1. The fraction of sp³-hybridized carbons (Fsp3) is 0.294. The zero-order chi connectivity index (χ0) is 19.3. The number of carboxylic acids is 1. The number of oxazole rings is 1. The van der Waals surface area contributed by atoms with Gasteiger partial charge in [0.1, 0.15) is 23.7 Å². The molecule has 0 bridgehead atoms. The van der Waals surface area contributed by atoms with E-state index in [0.29, 0.717) is 22.4 Å². The molecule has 2 aliphatic heterocycles. The number of carbonyl (C=O) groups is 3. The van der Waals surface area contributed by atoms with Gasteiger partial charge in [-0.25, -0.2) is 9.59 Å². The van der Waals surface area contributed by atoms with Crippen LogP contribution < -0.4 is 11.1 Å². The van der Waals surface area contributed by atoms with Gasteiger partial charge in [-0.3, -0.25) is 19.1 Å². The van der Waals surface area contributed by atoms with Crippen molar-refractivity contribution >= 4 is 40.6 Å². The fourth-order valence-corrected chi connectivity index (χ4v) is 4.59. The fourth-order valence-electron chi connectivity index (χ4n) is 3.30. The van der Waals surface area contributed by atoms with Gasteiger partial charge in [-0.1, -0.05) is 12.1 Å². The number of β-lactam (4-membered cyclic amide) rings is 1. The first-order valence-corrected chi connectivity index (χ1v) is 9.19. The minimum absolute atomic E-state index is 0.0219. The van der Waals surface area contributed by atoms with Crippen molar-refractivity contribution in [1.82, 2.24) is 14.8 Å². The van der Waals surface area contributed by atoms with Gasteiger partial charge in [0.15, 0.2) is 5.58 Å². The lowest BCUT2D eigenvalue weighted by Crippen LogP contribution is -2.70. The Morgan fingerprint density at radius 1 is 1.33 bits per heavy atom. The van der Waals surface area contributed by atoms with Gasteiger partial charge in [0.2, 0.25) is 5.91 Å². The minimum Gasteiger partial charge on any atom is -0.477 e. The summed E-state index contributed by atoms with van der Waals surface area (Å²) in [4.78, 5) is 49.3. The summed E-state index contributed by atoms with van der Waals surface area (Å²) in [6.45, 7) is 1.37. The SMILES string of the molecule is CC1=C(C(=O)O)N2C(=O)C(NC(=O)Cn3c(=O)oc4ccccc43)C2SC1. The molecule has 27 heavy (non-hydrogen) atoms. The van der Waals surface area contributed by atoms with Gasteiger partial charge in [-0.2, -0.15) is 0 Å². The summed E-state index contributed by atoms with van der Waals surface area (Å²) in [5, 5.41) is 11.5. The van der Waals surface area contributed by atoms with Crippen LogP contribution in [0.4, 0.5) is 0 Å². The average Bonchev–Trinajstić information content (AvgIpc) is 2.94. The summed E-state index contributed by atoms with van der Waals surface area (Å²) < 4.78 is 6.27. The molecule has 0 saturated carbocycles. The van der Waals surface area contributed by atoms with Crippen LogP contribution in [0.3, 0.4) is 0 Å². The van der Waals surface area contributed by atoms with Crippen LogP contribution in [0.2, 0.25) is 0 Å². The molecule has 140 valence electrons. The summed E-state index contributed by atoms with van der Waals surface area (Å²) in [7, 11) is 0. The average molecular weight is 389 g/mol. The number of fused-ring (bicyclic) bond motifs is 2. The highest BCUT2D eigenvalue weighted by atomic mass is 32.2. The van der Waals surface area contributed by atoms with Crippen LogP contribution in [0.1, 0.15) is 6.92 Å². The standard InChI is InChI=1S/C17H15N3O6S/c1-8-7-27-15-12(14(22)20(15)13(8)16(23)24)18-11(21)6-19-9-4-2-3-5-10(9)26-17(19)25/h2-5,12,15H,6-7H2,1H3,(H,18,21)(H,23,24). The summed E-state index contributed by atoms with van der Waals surface area (Å²) >= 11 is 1.39. The molecular weight excluding hydrogens is 374 g/mol. The summed E-state index contributed by atoms with van der Waals surface area (Å²) in [6.07, 6.45) is 0. The van der Waals surface area contributed by atoms with Crippen molar-refractivity contribution < 1.29 is 23.9 Å². The highest BCUT2D eigenvalue weighted by Crippen LogP contribution is 2.40. The van der Waals surface area contributed by atoms with Gasteiger partial charge >= 0.3 is 11.7 Å². The molecule has 1 aromatic heterocycles. The largest absolute Gasteiger partial charge is 0.477 e. The van der Waals surface area contributed by atoms with E-state index in [0.717, 1.165) is 0 Å². The zero-order valence-electron chi connectivity index (χ0n) is 14.2. The third-order valence-electron chi connectivity index (χ3n) is 4.55. The lowest BCUT2D eigenvalue weighted by Gasteiger charge is -2.49. The van der Waals surface area contributed by atoms with Crippen LogP contribution in [-0.4, -0.2) is 49.5 Å². The maximum atomic E-state index is 12.4. The Labute approximate surface area is 156 Å². The van der Waals surface area contributed by atoms with Crippen molar-refractivity contribution in [3.05, 3.63) is 46.1 Å². The van der Waals surface area contributed by atoms with Gasteiger partial charge < -0.3 is 14.8 Å². The number of carbonyl (C=O) groups excluding carboxylic acids is 2. The Kier molecular flexibility index (Phi) is 4.06. The van der Waals surface area contributed by atoms with Crippen molar-refractivity contribution in [2.45, 2.75) is 24.9 Å². The Balaban J connectivity index is 1.50. The van der Waals surface area contributed by atoms with Crippen LogP contribution in [0.5, 0.6) is 0 Å². The van der Waals surface area contributed by atoms with E-state index in [9.17, 15) is 24.3 Å². The number of aliphatic carboxylic acids is 1. The number of carboxylic acid groups (broad SMARTS) is 1. The molecule has 2 atom stereocenters. The monoisotopic (exact) mass is 389 g/mol. The molecule has 2 aliphatic rings. The topological polar surface area (TPSA) is 122 Å². The van der Waals surface area contributed by atoms with Gasteiger partial charge in [-0.05, 0) is 24.6 Å². The molecule has 9 nitrogen and oxygen atoms in total. The van der Waals surface area contributed by atoms with E-state index in [4.69, 9.17) is 4.42 Å². The minimum atomic E-state index is -1.16. The van der Waals surface area contributed by atoms with E-state index in [1.54, 1.807) is 31.2 Å². The van der Waals surface area contributed by atoms with Gasteiger partial charge in [0, 0.05) is 5.75 Å². The van der Waals surface area contributed by atoms with Crippen LogP contribution >= 0.6 is 11.8 Å².